The summed E-state index contributed by atoms with van der Waals surface area (Å²) in [4.78, 5) is 19.4. The number of para-hydroxylation sites is 1. The zero-order valence-electron chi connectivity index (χ0n) is 24.4. The Kier molecular flexibility index (Phi) is 17.3. The fourth-order valence-electron chi connectivity index (χ4n) is 4.22. The molecule has 0 radical (unpaired) electrons. The van der Waals surface area contributed by atoms with Gasteiger partial charge in [-0.2, -0.15) is 0 Å². The molecule has 2 aromatic rings. The lowest BCUT2D eigenvalue weighted by Crippen LogP contribution is -2.48. The molecule has 1 heterocycles. The van der Waals surface area contributed by atoms with Crippen LogP contribution in [0.15, 0.2) is 60.7 Å². The molecule has 0 spiro atoms. The molecule has 8 nitrogen and oxygen atoms in total. The Balaban J connectivity index is 0.00000260. The summed E-state index contributed by atoms with van der Waals surface area (Å²) < 4.78 is 23.4. The van der Waals surface area contributed by atoms with E-state index >= 15 is 0 Å². The van der Waals surface area contributed by atoms with E-state index < -0.39 is 0 Å². The van der Waals surface area contributed by atoms with Crippen LogP contribution in [-0.2, 0) is 30.3 Å². The summed E-state index contributed by atoms with van der Waals surface area (Å²) >= 11 is 0. The number of carbonyl (C=O) groups excluding carboxylic acids is 1. The number of hydrogen-bond acceptors (Lipinski definition) is 7. The second kappa shape index (κ2) is 20.6. The number of nitrogens with zero attached hydrogens (tertiary/aromatic N) is 3. The first-order valence-electron chi connectivity index (χ1n) is 14.3. The van der Waals surface area contributed by atoms with E-state index in [-0.39, 0.29) is 11.9 Å². The third-order valence-electron chi connectivity index (χ3n) is 6.52. The molecule has 0 saturated carbocycles. The van der Waals surface area contributed by atoms with E-state index in [0.717, 1.165) is 25.3 Å². The number of likely N-dealkylation sites (N-methyl/N-ethyl adjacent to an activating group) is 1. The number of ether oxygens (including phenoxy) is 4. The minimum atomic E-state index is -0.300. The Labute approximate surface area is 235 Å². The normalized spacial score (nSPS) is 18.6. The van der Waals surface area contributed by atoms with Gasteiger partial charge >= 0.3 is 0 Å². The number of amides is 1. The molecule has 0 bridgehead atoms. The van der Waals surface area contributed by atoms with Crippen LogP contribution >= 0.6 is 0 Å². The average molecular weight is 544 g/mol. The van der Waals surface area contributed by atoms with Crippen LogP contribution in [0, 0.1) is 0 Å². The van der Waals surface area contributed by atoms with Crippen LogP contribution in [0.2, 0.25) is 0 Å². The highest BCUT2D eigenvalue weighted by atomic mass is 16.5. The van der Waals surface area contributed by atoms with Crippen LogP contribution in [0.4, 0.5) is 5.69 Å². The molecule has 3 rings (SSSR count). The first-order chi connectivity index (χ1) is 19.1. The quantitative estimate of drug-likeness (QED) is 0.566. The largest absolute Gasteiger partial charge is 0.378 e. The summed E-state index contributed by atoms with van der Waals surface area (Å²) in [6.07, 6.45) is 0. The average Bonchev–Trinajstić information content (AvgIpc) is 2.98. The molecule has 8 heteroatoms. The Morgan fingerprint density at radius 2 is 1.15 bits per heavy atom. The van der Waals surface area contributed by atoms with E-state index in [0.29, 0.717) is 65.9 Å². The Hall–Kier alpha value is -2.33. The summed E-state index contributed by atoms with van der Waals surface area (Å²) in [6, 6.07) is 19.9. The van der Waals surface area contributed by atoms with Crippen molar-refractivity contribution in [3.63, 3.8) is 0 Å². The van der Waals surface area contributed by atoms with Crippen LogP contribution in [0.3, 0.4) is 0 Å². The van der Waals surface area contributed by atoms with Gasteiger partial charge in [-0.05, 0) is 24.6 Å². The Morgan fingerprint density at radius 1 is 0.718 bits per heavy atom. The molecule has 39 heavy (non-hydrogen) atoms. The molecule has 218 valence electrons. The fraction of sp³-hybridized carbons (Fsp3) is 0.581. The highest BCUT2D eigenvalue weighted by molar-refractivity contribution is 5.96. The van der Waals surface area contributed by atoms with Crippen LogP contribution in [0.25, 0.3) is 0 Å². The van der Waals surface area contributed by atoms with Gasteiger partial charge in [0.1, 0.15) is 0 Å². The van der Waals surface area contributed by atoms with Gasteiger partial charge in [-0.15, -0.1) is 0 Å². The molecule has 1 aliphatic rings. The molecule has 1 saturated heterocycles. The maximum atomic E-state index is 13.2. The van der Waals surface area contributed by atoms with E-state index in [1.807, 2.05) is 64.2 Å². The predicted molar refractivity (Wildman–Crippen MR) is 157 cm³/mol. The highest BCUT2D eigenvalue weighted by Crippen LogP contribution is 2.14. The molecule has 0 aromatic heterocycles. The topological polar surface area (TPSA) is 63.7 Å². The molecule has 0 aliphatic carbocycles. The standard InChI is InChI=1S/C29H43N3O5.C2H6/c1-26(29(33)30(2)28-11-7-4-8-12-28)32-15-19-36-23-21-34-17-13-31(25-27-9-5-3-6-10-27)14-18-35-22-24-37-20-16-32;1-2/h3-12,26H,13-25H2,1-2H3;1-2H3. The van der Waals surface area contributed by atoms with Crippen molar-refractivity contribution in [2.24, 2.45) is 0 Å². The number of anilines is 1. The minimum absolute atomic E-state index is 0.0417. The SMILES string of the molecule is CC.CC(C(=O)N(C)c1ccccc1)N1CCOCCOCCN(Cc2ccccc2)CCOCCOCC1. The van der Waals surface area contributed by atoms with E-state index in [4.69, 9.17) is 18.9 Å². The number of rotatable bonds is 5. The molecule has 1 atom stereocenters. The van der Waals surface area contributed by atoms with Crippen LogP contribution in [-0.4, -0.2) is 108 Å². The van der Waals surface area contributed by atoms with Gasteiger partial charge in [0.25, 0.3) is 0 Å². The summed E-state index contributed by atoms with van der Waals surface area (Å²) in [5, 5.41) is 0. The number of benzene rings is 2. The van der Waals surface area contributed by atoms with Crippen molar-refractivity contribution < 1.29 is 23.7 Å². The molecule has 1 fully saturated rings. The first-order valence-corrected chi connectivity index (χ1v) is 14.3. The zero-order chi connectivity index (χ0) is 28.1. The van der Waals surface area contributed by atoms with Crippen LogP contribution in [0.5, 0.6) is 0 Å². The van der Waals surface area contributed by atoms with Crippen molar-refractivity contribution in [1.29, 1.82) is 0 Å². The van der Waals surface area contributed by atoms with Gasteiger partial charge in [0.05, 0.1) is 58.9 Å². The molecule has 1 aliphatic heterocycles. The third kappa shape index (κ3) is 13.0. The van der Waals surface area contributed by atoms with E-state index in [9.17, 15) is 4.79 Å². The maximum absolute atomic E-state index is 13.2. The van der Waals surface area contributed by atoms with E-state index in [2.05, 4.69) is 34.1 Å². The lowest BCUT2D eigenvalue weighted by Gasteiger charge is -2.31. The van der Waals surface area contributed by atoms with Gasteiger partial charge in [-0.25, -0.2) is 0 Å². The summed E-state index contributed by atoms with van der Waals surface area (Å²) in [5.41, 5.74) is 2.16. The van der Waals surface area contributed by atoms with Crippen molar-refractivity contribution in [3.8, 4) is 0 Å². The molecule has 1 amide bonds. The van der Waals surface area contributed by atoms with Gasteiger partial charge in [0, 0.05) is 45.5 Å². The summed E-state index contributed by atoms with van der Waals surface area (Å²) in [5.74, 6) is 0.0417. The van der Waals surface area contributed by atoms with Gasteiger partial charge in [0.15, 0.2) is 0 Å². The van der Waals surface area contributed by atoms with Crippen LogP contribution in [0.1, 0.15) is 26.3 Å². The van der Waals surface area contributed by atoms with Gasteiger partial charge in [-0.1, -0.05) is 62.4 Å². The third-order valence-corrected chi connectivity index (χ3v) is 6.52. The van der Waals surface area contributed by atoms with Crippen molar-refractivity contribution in [1.82, 2.24) is 9.80 Å². The smallest absolute Gasteiger partial charge is 0.243 e. The van der Waals surface area contributed by atoms with E-state index in [1.54, 1.807) is 4.90 Å². The fourth-order valence-corrected chi connectivity index (χ4v) is 4.22. The second-order valence-electron chi connectivity index (χ2n) is 9.16. The monoisotopic (exact) mass is 543 g/mol. The Morgan fingerprint density at radius 3 is 1.64 bits per heavy atom. The van der Waals surface area contributed by atoms with Gasteiger partial charge in [0.2, 0.25) is 5.91 Å². The summed E-state index contributed by atoms with van der Waals surface area (Å²) in [6.45, 7) is 14.2. The predicted octanol–water partition coefficient (Wildman–Crippen LogP) is 3.95. The second-order valence-corrected chi connectivity index (χ2v) is 9.16. The zero-order valence-corrected chi connectivity index (χ0v) is 24.4. The maximum Gasteiger partial charge on any atom is 0.243 e. The lowest BCUT2D eigenvalue weighted by molar-refractivity contribution is -0.123. The molecule has 0 N–H and O–H groups in total. The van der Waals surface area contributed by atoms with Gasteiger partial charge in [-0.3, -0.25) is 14.6 Å². The van der Waals surface area contributed by atoms with Crippen molar-refractivity contribution in [2.45, 2.75) is 33.4 Å². The van der Waals surface area contributed by atoms with E-state index in [1.165, 1.54) is 5.56 Å². The van der Waals surface area contributed by atoms with Crippen LogP contribution < -0.4 is 4.90 Å². The molecular formula is C31H49N3O5. The van der Waals surface area contributed by atoms with Crippen molar-refractivity contribution >= 4 is 11.6 Å². The highest BCUT2D eigenvalue weighted by Gasteiger charge is 2.24. The van der Waals surface area contributed by atoms with Crippen molar-refractivity contribution in [2.75, 3.05) is 91.0 Å². The first kappa shape index (κ1) is 32.9. The molecule has 2 aromatic carbocycles. The Bertz CT molecular complexity index is 851. The number of carbonyl (C=O) groups is 1. The van der Waals surface area contributed by atoms with Gasteiger partial charge < -0.3 is 23.8 Å². The summed E-state index contributed by atoms with van der Waals surface area (Å²) in [7, 11) is 1.82. The number of hydrogen-bond donors (Lipinski definition) is 0. The minimum Gasteiger partial charge on any atom is -0.378 e. The van der Waals surface area contributed by atoms with Crippen molar-refractivity contribution in [3.05, 3.63) is 66.2 Å². The molecular weight excluding hydrogens is 494 g/mol. The lowest BCUT2D eigenvalue weighted by atomic mass is 10.2. The molecule has 1 unspecified atom stereocenters.